The highest BCUT2D eigenvalue weighted by Gasteiger charge is 2.18. The predicted octanol–water partition coefficient (Wildman–Crippen LogP) is 2.95. The fourth-order valence-corrected chi connectivity index (χ4v) is 2.89. The Hall–Kier alpha value is -2.28. The van der Waals surface area contributed by atoms with Crippen LogP contribution in [0.25, 0.3) is 0 Å². The van der Waals surface area contributed by atoms with Crippen molar-refractivity contribution in [3.05, 3.63) is 64.7 Å². The molecule has 0 saturated heterocycles. The van der Waals surface area contributed by atoms with E-state index in [9.17, 15) is 22.0 Å². The minimum absolute atomic E-state index is 0.0396. The van der Waals surface area contributed by atoms with E-state index in [2.05, 4.69) is 0 Å². The zero-order valence-electron chi connectivity index (χ0n) is 13.5. The Morgan fingerprint density at radius 3 is 2.38 bits per heavy atom. The van der Waals surface area contributed by atoms with Gasteiger partial charge in [0.05, 0.1) is 4.90 Å². The minimum Gasteiger partial charge on any atom is -0.337 e. The molecular weight excluding hydrogens is 336 g/mol. The average Bonchev–Trinajstić information content (AvgIpc) is 2.48. The number of hydrogen-bond donors (Lipinski definition) is 0. The fourth-order valence-electron chi connectivity index (χ4n) is 2.25. The average molecular weight is 353 g/mol. The van der Waals surface area contributed by atoms with Crippen molar-refractivity contribution in [2.45, 2.75) is 18.4 Å². The van der Waals surface area contributed by atoms with Crippen LogP contribution >= 0.6 is 0 Å². The van der Waals surface area contributed by atoms with E-state index in [1.54, 1.807) is 13.0 Å². The van der Waals surface area contributed by atoms with Crippen LogP contribution in [0.15, 0.2) is 41.3 Å². The van der Waals surface area contributed by atoms with Crippen molar-refractivity contribution in [3.63, 3.8) is 0 Å². The first-order valence-electron chi connectivity index (χ1n) is 7.09. The van der Waals surface area contributed by atoms with E-state index in [0.717, 1.165) is 18.4 Å². The third-order valence-corrected chi connectivity index (χ3v) is 4.75. The van der Waals surface area contributed by atoms with Crippen LogP contribution in [-0.2, 0) is 16.4 Å². The molecule has 0 atom stereocenters. The molecule has 0 radical (unpaired) electrons. The zero-order chi connectivity index (χ0) is 18.1. The molecule has 2 aromatic carbocycles. The summed E-state index contributed by atoms with van der Waals surface area (Å²) >= 11 is 0. The van der Waals surface area contributed by atoms with Crippen LogP contribution in [0.2, 0.25) is 0 Å². The van der Waals surface area contributed by atoms with Gasteiger partial charge in [0.1, 0.15) is 11.6 Å². The van der Waals surface area contributed by atoms with Gasteiger partial charge in [0.15, 0.2) is 9.84 Å². The van der Waals surface area contributed by atoms with E-state index in [-0.39, 0.29) is 22.6 Å². The molecule has 7 heteroatoms. The molecule has 0 aliphatic rings. The summed E-state index contributed by atoms with van der Waals surface area (Å²) in [6, 6.07) is 7.44. The number of aryl methyl sites for hydroxylation is 1. The van der Waals surface area contributed by atoms with Gasteiger partial charge < -0.3 is 4.90 Å². The van der Waals surface area contributed by atoms with Gasteiger partial charge in [0, 0.05) is 37.0 Å². The Balaban J connectivity index is 2.31. The molecule has 128 valence electrons. The van der Waals surface area contributed by atoms with Crippen LogP contribution in [0.4, 0.5) is 8.78 Å². The maximum Gasteiger partial charge on any atom is 0.254 e. The van der Waals surface area contributed by atoms with Crippen molar-refractivity contribution >= 4 is 15.7 Å². The molecule has 4 nitrogen and oxygen atoms in total. The second kappa shape index (κ2) is 6.68. The van der Waals surface area contributed by atoms with Crippen LogP contribution < -0.4 is 0 Å². The highest BCUT2D eigenvalue weighted by Crippen LogP contribution is 2.19. The summed E-state index contributed by atoms with van der Waals surface area (Å²) in [5.74, 6) is -1.88. The molecule has 0 unspecified atom stereocenters. The topological polar surface area (TPSA) is 54.5 Å². The summed E-state index contributed by atoms with van der Waals surface area (Å²) in [5.41, 5.74) is 1.01. The van der Waals surface area contributed by atoms with Crippen molar-refractivity contribution < 1.29 is 22.0 Å². The van der Waals surface area contributed by atoms with E-state index < -0.39 is 27.4 Å². The summed E-state index contributed by atoms with van der Waals surface area (Å²) in [6.45, 7) is 1.62. The molecule has 0 fully saturated rings. The number of sulfone groups is 1. The number of halogens is 2. The molecule has 0 saturated carbocycles. The summed E-state index contributed by atoms with van der Waals surface area (Å²) in [5, 5.41) is 0. The molecule has 0 N–H and O–H groups in total. The zero-order valence-corrected chi connectivity index (χ0v) is 14.3. The van der Waals surface area contributed by atoms with Gasteiger partial charge >= 0.3 is 0 Å². The molecular formula is C17H17F2NO3S. The number of nitrogens with zero attached hydrogens (tertiary/aromatic N) is 1. The third kappa shape index (κ3) is 3.97. The lowest BCUT2D eigenvalue weighted by atomic mass is 10.1. The van der Waals surface area contributed by atoms with Gasteiger partial charge in [-0.05, 0) is 30.7 Å². The molecule has 2 aromatic rings. The van der Waals surface area contributed by atoms with E-state index in [1.807, 2.05) is 0 Å². The van der Waals surface area contributed by atoms with Crippen LogP contribution in [0.1, 0.15) is 21.5 Å². The number of benzene rings is 2. The van der Waals surface area contributed by atoms with Crippen LogP contribution in [-0.4, -0.2) is 32.5 Å². The lowest BCUT2D eigenvalue weighted by molar-refractivity contribution is 0.0783. The highest BCUT2D eigenvalue weighted by molar-refractivity contribution is 7.90. The molecule has 0 aliphatic heterocycles. The van der Waals surface area contributed by atoms with Gasteiger partial charge in [-0.3, -0.25) is 4.79 Å². The highest BCUT2D eigenvalue weighted by atomic mass is 32.2. The molecule has 0 heterocycles. The molecule has 0 aromatic heterocycles. The van der Waals surface area contributed by atoms with E-state index >= 15 is 0 Å². The Morgan fingerprint density at radius 1 is 1.12 bits per heavy atom. The van der Waals surface area contributed by atoms with E-state index in [4.69, 9.17) is 0 Å². The second-order valence-electron chi connectivity index (χ2n) is 5.65. The first kappa shape index (κ1) is 18.1. The number of carbonyl (C=O) groups is 1. The Bertz CT molecular complexity index is 895. The van der Waals surface area contributed by atoms with Gasteiger partial charge in [0.2, 0.25) is 0 Å². The van der Waals surface area contributed by atoms with Gasteiger partial charge in [-0.15, -0.1) is 0 Å². The Kier molecular flexibility index (Phi) is 5.03. The van der Waals surface area contributed by atoms with E-state index in [0.29, 0.717) is 5.56 Å². The second-order valence-corrected chi connectivity index (χ2v) is 7.66. The molecule has 0 bridgehead atoms. The summed E-state index contributed by atoms with van der Waals surface area (Å²) < 4.78 is 50.0. The van der Waals surface area contributed by atoms with Crippen molar-refractivity contribution in [1.82, 2.24) is 4.90 Å². The molecule has 2 rings (SSSR count). The van der Waals surface area contributed by atoms with Crippen molar-refractivity contribution in [2.75, 3.05) is 13.3 Å². The Morgan fingerprint density at radius 2 is 1.79 bits per heavy atom. The maximum absolute atomic E-state index is 13.7. The van der Waals surface area contributed by atoms with Gasteiger partial charge in [-0.25, -0.2) is 17.2 Å². The molecule has 1 amide bonds. The number of amides is 1. The van der Waals surface area contributed by atoms with Crippen molar-refractivity contribution in [1.29, 1.82) is 0 Å². The lowest BCUT2D eigenvalue weighted by Gasteiger charge is -2.19. The third-order valence-electron chi connectivity index (χ3n) is 3.64. The minimum atomic E-state index is -3.44. The fraction of sp³-hybridized carbons (Fsp3) is 0.235. The number of rotatable bonds is 4. The Labute approximate surface area is 139 Å². The molecule has 0 spiro atoms. The largest absolute Gasteiger partial charge is 0.337 e. The summed E-state index contributed by atoms with van der Waals surface area (Å²) in [4.78, 5) is 13.9. The predicted molar refractivity (Wildman–Crippen MR) is 86.4 cm³/mol. The maximum atomic E-state index is 13.7. The number of carbonyl (C=O) groups excluding carboxylic acids is 1. The molecule has 0 aliphatic carbocycles. The SMILES string of the molecule is Cc1ccc(S(C)(=O)=O)cc1C(=O)N(C)Cc1ccc(F)cc1F. The molecule has 24 heavy (non-hydrogen) atoms. The lowest BCUT2D eigenvalue weighted by Crippen LogP contribution is -2.27. The quantitative estimate of drug-likeness (QED) is 0.849. The van der Waals surface area contributed by atoms with Crippen LogP contribution in [0.3, 0.4) is 0 Å². The van der Waals surface area contributed by atoms with Crippen molar-refractivity contribution in [3.8, 4) is 0 Å². The summed E-state index contributed by atoms with van der Waals surface area (Å²) in [7, 11) is -1.97. The van der Waals surface area contributed by atoms with Gasteiger partial charge in [0.25, 0.3) is 5.91 Å². The van der Waals surface area contributed by atoms with Crippen molar-refractivity contribution in [2.24, 2.45) is 0 Å². The van der Waals surface area contributed by atoms with Gasteiger partial charge in [-0.2, -0.15) is 0 Å². The first-order chi connectivity index (χ1) is 11.1. The monoisotopic (exact) mass is 353 g/mol. The van der Waals surface area contributed by atoms with E-state index in [1.165, 1.54) is 30.1 Å². The summed E-state index contributed by atoms with van der Waals surface area (Å²) in [6.07, 6.45) is 1.06. The standard InChI is InChI=1S/C17H17F2NO3S/c1-11-4-7-14(24(3,22)23)9-15(11)17(21)20(2)10-12-5-6-13(18)8-16(12)19/h4-9H,10H2,1-3H3. The normalized spacial score (nSPS) is 11.4. The van der Waals surface area contributed by atoms with Crippen LogP contribution in [0, 0.1) is 18.6 Å². The number of hydrogen-bond acceptors (Lipinski definition) is 3. The smallest absolute Gasteiger partial charge is 0.254 e. The van der Waals surface area contributed by atoms with Crippen LogP contribution in [0.5, 0.6) is 0 Å². The van der Waals surface area contributed by atoms with Gasteiger partial charge in [-0.1, -0.05) is 12.1 Å². The first-order valence-corrected chi connectivity index (χ1v) is 8.99.